The molecule has 0 aliphatic rings. The lowest BCUT2D eigenvalue weighted by Crippen LogP contribution is -1.99. The van der Waals surface area contributed by atoms with Crippen molar-refractivity contribution in [2.45, 2.75) is 30.4 Å². The fourth-order valence-electron chi connectivity index (χ4n) is 1.63. The lowest BCUT2D eigenvalue weighted by Gasteiger charge is -2.08. The number of halogens is 1. The third-order valence-corrected chi connectivity index (χ3v) is 3.61. The van der Waals surface area contributed by atoms with Crippen LogP contribution in [-0.4, -0.2) is 9.97 Å². The van der Waals surface area contributed by atoms with Gasteiger partial charge >= 0.3 is 0 Å². The molecule has 1 aromatic carbocycles. The van der Waals surface area contributed by atoms with E-state index in [1.54, 1.807) is 0 Å². The smallest absolute Gasteiger partial charge is 0.192 e. The van der Waals surface area contributed by atoms with Crippen molar-refractivity contribution in [1.29, 1.82) is 0 Å². The van der Waals surface area contributed by atoms with E-state index in [1.165, 1.54) is 11.8 Å². The Kier molecular flexibility index (Phi) is 4.22. The van der Waals surface area contributed by atoms with E-state index < -0.39 is 0 Å². The third kappa shape index (κ3) is 3.22. The minimum absolute atomic E-state index is 0.476. The van der Waals surface area contributed by atoms with Crippen LogP contribution in [-0.2, 0) is 6.54 Å². The first-order chi connectivity index (χ1) is 8.58. The molecule has 2 aromatic rings. The van der Waals surface area contributed by atoms with Crippen LogP contribution >= 0.6 is 23.4 Å². The Morgan fingerprint density at radius 3 is 2.44 bits per heavy atom. The summed E-state index contributed by atoms with van der Waals surface area (Å²) in [6, 6.07) is 7.63. The summed E-state index contributed by atoms with van der Waals surface area (Å²) in [6.07, 6.45) is 0. The van der Waals surface area contributed by atoms with Gasteiger partial charge in [0.05, 0.1) is 0 Å². The van der Waals surface area contributed by atoms with Gasteiger partial charge in [0.15, 0.2) is 5.16 Å². The lowest BCUT2D eigenvalue weighted by molar-refractivity contribution is 0.900. The molecular weight excluding hydrogens is 266 g/mol. The normalized spacial score (nSPS) is 10.7. The van der Waals surface area contributed by atoms with E-state index >= 15 is 0 Å². The predicted molar refractivity (Wildman–Crippen MR) is 75.0 cm³/mol. The highest BCUT2D eigenvalue weighted by molar-refractivity contribution is 7.99. The molecule has 0 bridgehead atoms. The molecule has 0 aliphatic carbocycles. The average Bonchev–Trinajstić information content (AvgIpc) is 2.27. The number of nitrogens with zero attached hydrogens (tertiary/aromatic N) is 2. The molecule has 1 heterocycles. The van der Waals surface area contributed by atoms with Crippen LogP contribution in [0.2, 0.25) is 5.02 Å². The summed E-state index contributed by atoms with van der Waals surface area (Å²) in [5, 5.41) is 1.42. The largest absolute Gasteiger partial charge is 0.326 e. The molecule has 18 heavy (non-hydrogen) atoms. The zero-order chi connectivity index (χ0) is 13.1. The van der Waals surface area contributed by atoms with Crippen LogP contribution in [0.5, 0.6) is 0 Å². The molecule has 0 spiro atoms. The SMILES string of the molecule is Cc1cc(C)nc(Sc2cc(Cl)ccc2CN)n1. The standard InChI is InChI=1S/C13H14ClN3S/c1-8-5-9(2)17-13(16-8)18-12-6-11(14)4-3-10(12)7-15/h3-6H,7,15H2,1-2H3. The molecule has 0 amide bonds. The van der Waals surface area contributed by atoms with Gasteiger partial charge in [-0.3, -0.25) is 0 Å². The van der Waals surface area contributed by atoms with Crippen molar-refractivity contribution in [3.8, 4) is 0 Å². The summed E-state index contributed by atoms with van der Waals surface area (Å²) in [5.41, 5.74) is 8.68. The van der Waals surface area contributed by atoms with Crippen LogP contribution < -0.4 is 5.73 Å². The first-order valence-electron chi connectivity index (χ1n) is 5.57. The fourth-order valence-corrected chi connectivity index (χ4v) is 2.91. The van der Waals surface area contributed by atoms with Crippen molar-refractivity contribution in [3.63, 3.8) is 0 Å². The Morgan fingerprint density at radius 1 is 1.17 bits per heavy atom. The van der Waals surface area contributed by atoms with E-state index in [0.717, 1.165) is 27.0 Å². The Balaban J connectivity index is 2.35. The van der Waals surface area contributed by atoms with Crippen LogP contribution in [0.1, 0.15) is 17.0 Å². The van der Waals surface area contributed by atoms with Gasteiger partial charge < -0.3 is 5.73 Å². The van der Waals surface area contributed by atoms with E-state index in [2.05, 4.69) is 9.97 Å². The van der Waals surface area contributed by atoms with E-state index in [4.69, 9.17) is 17.3 Å². The zero-order valence-electron chi connectivity index (χ0n) is 10.3. The Bertz CT molecular complexity index is 552. The zero-order valence-corrected chi connectivity index (χ0v) is 11.8. The summed E-state index contributed by atoms with van der Waals surface area (Å²) in [4.78, 5) is 9.81. The van der Waals surface area contributed by atoms with E-state index in [9.17, 15) is 0 Å². The highest BCUT2D eigenvalue weighted by atomic mass is 35.5. The molecule has 0 saturated carbocycles. The van der Waals surface area contributed by atoms with Crippen molar-refractivity contribution in [2.75, 3.05) is 0 Å². The highest BCUT2D eigenvalue weighted by Crippen LogP contribution is 2.30. The maximum atomic E-state index is 6.01. The van der Waals surface area contributed by atoms with Crippen LogP contribution in [0.3, 0.4) is 0 Å². The quantitative estimate of drug-likeness (QED) is 0.876. The number of aryl methyl sites for hydroxylation is 2. The maximum Gasteiger partial charge on any atom is 0.192 e. The second-order valence-corrected chi connectivity index (χ2v) is 5.44. The molecule has 94 valence electrons. The number of benzene rings is 1. The molecule has 0 unspecified atom stereocenters. The molecule has 3 nitrogen and oxygen atoms in total. The van der Waals surface area contributed by atoms with Crippen molar-refractivity contribution >= 4 is 23.4 Å². The maximum absolute atomic E-state index is 6.01. The summed E-state index contributed by atoms with van der Waals surface area (Å²) >= 11 is 7.50. The molecular formula is C13H14ClN3S. The lowest BCUT2D eigenvalue weighted by atomic mass is 10.2. The summed E-state index contributed by atoms with van der Waals surface area (Å²) in [7, 11) is 0. The van der Waals surface area contributed by atoms with E-state index in [1.807, 2.05) is 38.1 Å². The van der Waals surface area contributed by atoms with Crippen molar-refractivity contribution in [3.05, 3.63) is 46.2 Å². The second-order valence-electron chi connectivity index (χ2n) is 3.99. The van der Waals surface area contributed by atoms with Crippen molar-refractivity contribution < 1.29 is 0 Å². The van der Waals surface area contributed by atoms with Crippen LogP contribution in [0.4, 0.5) is 0 Å². The Morgan fingerprint density at radius 2 is 1.83 bits per heavy atom. The predicted octanol–water partition coefficient (Wildman–Crippen LogP) is 3.36. The van der Waals surface area contributed by atoms with E-state index in [-0.39, 0.29) is 0 Å². The Labute approximate surface area is 116 Å². The molecule has 1 aromatic heterocycles. The highest BCUT2D eigenvalue weighted by Gasteiger charge is 2.07. The number of aromatic nitrogens is 2. The van der Waals surface area contributed by atoms with Gasteiger partial charge in [-0.15, -0.1) is 0 Å². The molecule has 0 atom stereocenters. The van der Waals surface area contributed by atoms with Crippen molar-refractivity contribution in [2.24, 2.45) is 5.73 Å². The van der Waals surface area contributed by atoms with E-state index in [0.29, 0.717) is 11.6 Å². The van der Waals surface area contributed by atoms with Crippen LogP contribution in [0.15, 0.2) is 34.3 Å². The first-order valence-corrected chi connectivity index (χ1v) is 6.76. The molecule has 0 radical (unpaired) electrons. The minimum atomic E-state index is 0.476. The van der Waals surface area contributed by atoms with Gasteiger partial charge in [-0.25, -0.2) is 9.97 Å². The average molecular weight is 280 g/mol. The number of nitrogens with two attached hydrogens (primary N) is 1. The van der Waals surface area contributed by atoms with Crippen molar-refractivity contribution in [1.82, 2.24) is 9.97 Å². The summed E-state index contributed by atoms with van der Waals surface area (Å²) in [6.45, 7) is 4.39. The van der Waals surface area contributed by atoms with Gasteiger partial charge in [-0.2, -0.15) is 0 Å². The molecule has 0 aliphatic heterocycles. The fraction of sp³-hybridized carbons (Fsp3) is 0.231. The van der Waals surface area contributed by atoms with Gasteiger partial charge in [0.2, 0.25) is 0 Å². The monoisotopic (exact) mass is 279 g/mol. The molecule has 0 saturated heterocycles. The Hall–Kier alpha value is -1.10. The molecule has 0 fully saturated rings. The summed E-state index contributed by atoms with van der Waals surface area (Å²) < 4.78 is 0. The number of hydrogen-bond donors (Lipinski definition) is 1. The number of rotatable bonds is 3. The van der Waals surface area contributed by atoms with Gasteiger partial charge in [-0.1, -0.05) is 17.7 Å². The first kappa shape index (κ1) is 13.3. The molecule has 2 rings (SSSR count). The van der Waals surface area contributed by atoms with Gasteiger partial charge in [0.25, 0.3) is 0 Å². The molecule has 5 heteroatoms. The number of hydrogen-bond acceptors (Lipinski definition) is 4. The van der Waals surface area contributed by atoms with Gasteiger partial charge in [-0.05, 0) is 49.4 Å². The van der Waals surface area contributed by atoms with Gasteiger partial charge in [0.1, 0.15) is 0 Å². The minimum Gasteiger partial charge on any atom is -0.326 e. The van der Waals surface area contributed by atoms with Crippen LogP contribution in [0.25, 0.3) is 0 Å². The second kappa shape index (κ2) is 5.69. The third-order valence-electron chi connectivity index (χ3n) is 2.41. The summed E-state index contributed by atoms with van der Waals surface area (Å²) in [5.74, 6) is 0. The van der Waals surface area contributed by atoms with Crippen LogP contribution in [0, 0.1) is 13.8 Å². The topological polar surface area (TPSA) is 51.8 Å². The molecule has 2 N–H and O–H groups in total. The van der Waals surface area contributed by atoms with Gasteiger partial charge in [0, 0.05) is 27.9 Å².